The molecule has 3 nitrogen and oxygen atoms in total. The van der Waals surface area contributed by atoms with Crippen LogP contribution in [-0.2, 0) is 14.9 Å². The molecule has 6 rings (SSSR count). The Bertz CT molecular complexity index is 784. The number of Topliss-reactive ketones (excluding diaryl/α,β-unsaturated/α-hetero) is 1. The summed E-state index contributed by atoms with van der Waals surface area (Å²) in [7, 11) is 0. The molecule has 164 valence electrons. The highest BCUT2D eigenvalue weighted by Crippen LogP contribution is 2.70. The highest BCUT2D eigenvalue weighted by Gasteiger charge is 2.65. The molecule has 5 fully saturated rings. The second kappa shape index (κ2) is 7.70. The first kappa shape index (κ1) is 20.6. The summed E-state index contributed by atoms with van der Waals surface area (Å²) in [6.45, 7) is 4.78. The van der Waals surface area contributed by atoms with E-state index in [9.17, 15) is 9.18 Å². The molecule has 4 aliphatic carbocycles. The van der Waals surface area contributed by atoms with Crippen molar-refractivity contribution < 1.29 is 13.9 Å². The molecule has 0 spiro atoms. The van der Waals surface area contributed by atoms with Crippen LogP contribution in [0.1, 0.15) is 63.9 Å². The third kappa shape index (κ3) is 3.44. The molecular formula is C26H36FNO2. The van der Waals surface area contributed by atoms with Gasteiger partial charge >= 0.3 is 0 Å². The number of carbonyl (C=O) groups excluding carboxylic acids is 1. The minimum Gasteiger partial charge on any atom is -0.381 e. The van der Waals surface area contributed by atoms with E-state index >= 15 is 0 Å². The first-order valence-corrected chi connectivity index (χ1v) is 12.0. The number of carbonyl (C=O) groups is 1. The lowest BCUT2D eigenvalue weighted by Crippen LogP contribution is -2.62. The summed E-state index contributed by atoms with van der Waals surface area (Å²) in [5.74, 6) is 0.824. The smallest absolute Gasteiger partial charge is 0.139 e. The normalized spacial score (nSPS) is 42.4. The Morgan fingerprint density at radius 3 is 2.77 bits per heavy atom. The molecule has 0 radical (unpaired) electrons. The third-order valence-corrected chi connectivity index (χ3v) is 8.76. The molecule has 30 heavy (non-hydrogen) atoms. The number of benzene rings is 1. The molecule has 1 N–H and O–H groups in total. The molecule has 1 saturated heterocycles. The predicted molar refractivity (Wildman–Crippen MR) is 116 cm³/mol. The SMILES string of the molecule is CCOC[C@]12CC3CC(C(=O)C[C@@H]4CCNC[C@H]4F)(C1)C[C@@](c1ccccc1)(C3)C2. The van der Waals surface area contributed by atoms with Gasteiger partial charge in [-0.15, -0.1) is 0 Å². The summed E-state index contributed by atoms with van der Waals surface area (Å²) >= 11 is 0. The second-order valence-electron chi connectivity index (χ2n) is 11.0. The van der Waals surface area contributed by atoms with Gasteiger partial charge in [0.25, 0.3) is 0 Å². The zero-order valence-electron chi connectivity index (χ0n) is 18.3. The number of halogens is 1. The minimum atomic E-state index is -0.892. The lowest BCUT2D eigenvalue weighted by atomic mass is 9.37. The number of ketones is 1. The van der Waals surface area contributed by atoms with E-state index in [0.717, 1.165) is 51.9 Å². The van der Waals surface area contributed by atoms with Crippen LogP contribution in [0.15, 0.2) is 30.3 Å². The van der Waals surface area contributed by atoms with Crippen LogP contribution in [-0.4, -0.2) is 38.3 Å². The Hall–Kier alpha value is -1.26. The fourth-order valence-corrected chi connectivity index (χ4v) is 8.10. The van der Waals surface area contributed by atoms with Gasteiger partial charge in [0.15, 0.2) is 0 Å². The van der Waals surface area contributed by atoms with Crippen molar-refractivity contribution in [1.29, 1.82) is 0 Å². The van der Waals surface area contributed by atoms with Gasteiger partial charge in [-0.1, -0.05) is 30.3 Å². The topological polar surface area (TPSA) is 38.3 Å². The van der Waals surface area contributed by atoms with Crippen LogP contribution in [0, 0.1) is 22.7 Å². The Morgan fingerprint density at radius 1 is 1.17 bits per heavy atom. The molecule has 0 amide bonds. The largest absolute Gasteiger partial charge is 0.381 e. The van der Waals surface area contributed by atoms with E-state index in [4.69, 9.17) is 4.74 Å². The fourth-order valence-electron chi connectivity index (χ4n) is 8.10. The van der Waals surface area contributed by atoms with Gasteiger partial charge in [0, 0.05) is 25.0 Å². The summed E-state index contributed by atoms with van der Waals surface area (Å²) < 4.78 is 20.5. The zero-order chi connectivity index (χ0) is 20.8. The number of hydrogen-bond acceptors (Lipinski definition) is 3. The molecule has 1 aromatic rings. The molecule has 4 saturated carbocycles. The van der Waals surface area contributed by atoms with Gasteiger partial charge in [-0.05, 0) is 86.6 Å². The van der Waals surface area contributed by atoms with E-state index < -0.39 is 6.17 Å². The van der Waals surface area contributed by atoms with Crippen molar-refractivity contribution in [3.05, 3.63) is 35.9 Å². The molecule has 1 aromatic carbocycles. The summed E-state index contributed by atoms with van der Waals surface area (Å²) in [6, 6.07) is 10.9. The number of hydrogen-bond donors (Lipinski definition) is 1. The van der Waals surface area contributed by atoms with Crippen LogP contribution in [0.3, 0.4) is 0 Å². The predicted octanol–water partition coefficient (Wildman–Crippen LogP) is 4.84. The number of piperidine rings is 1. The Balaban J connectivity index is 1.48. The van der Waals surface area contributed by atoms with Crippen molar-refractivity contribution in [3.8, 4) is 0 Å². The van der Waals surface area contributed by atoms with Crippen molar-refractivity contribution in [2.24, 2.45) is 22.7 Å². The van der Waals surface area contributed by atoms with Crippen LogP contribution in [0.4, 0.5) is 4.39 Å². The zero-order valence-corrected chi connectivity index (χ0v) is 18.3. The molecule has 6 atom stereocenters. The lowest BCUT2D eigenvalue weighted by Gasteiger charge is -2.66. The van der Waals surface area contributed by atoms with E-state index in [0.29, 0.717) is 24.7 Å². The number of rotatable bonds is 7. The maximum atomic E-state index is 14.5. The standard InChI is InChI=1S/C26H36FNO2/c1-2-30-18-24-11-19-12-25(15-24,21-6-4-3-5-7-21)17-26(13-19,16-24)23(29)10-20-8-9-28-14-22(20)27/h3-7,19-20,22,28H,2,8-18H2,1H3/t19?,20-,22+,24-,25+,26?/m0/s1. The number of alkyl halides is 1. The van der Waals surface area contributed by atoms with Crippen LogP contribution in [0.5, 0.6) is 0 Å². The molecule has 1 aliphatic heterocycles. The summed E-state index contributed by atoms with van der Waals surface area (Å²) in [4.78, 5) is 13.9. The molecule has 2 unspecified atom stereocenters. The van der Waals surface area contributed by atoms with Crippen molar-refractivity contribution in [3.63, 3.8) is 0 Å². The van der Waals surface area contributed by atoms with Gasteiger partial charge in [-0.2, -0.15) is 0 Å². The minimum absolute atomic E-state index is 0.0800. The Kier molecular flexibility index (Phi) is 5.30. The van der Waals surface area contributed by atoms with Crippen LogP contribution >= 0.6 is 0 Å². The molecule has 4 bridgehead atoms. The monoisotopic (exact) mass is 413 g/mol. The molecule has 1 heterocycles. The van der Waals surface area contributed by atoms with E-state index in [1.807, 2.05) is 0 Å². The second-order valence-corrected chi connectivity index (χ2v) is 11.0. The quantitative estimate of drug-likeness (QED) is 0.695. The van der Waals surface area contributed by atoms with Gasteiger partial charge in [0.2, 0.25) is 0 Å². The third-order valence-electron chi connectivity index (χ3n) is 8.76. The molecule has 5 aliphatic rings. The van der Waals surface area contributed by atoms with Gasteiger partial charge in [0.05, 0.1) is 6.61 Å². The van der Waals surface area contributed by atoms with E-state index in [2.05, 4.69) is 42.6 Å². The highest BCUT2D eigenvalue weighted by molar-refractivity contribution is 5.86. The number of ether oxygens (including phenoxy) is 1. The van der Waals surface area contributed by atoms with E-state index in [1.165, 1.54) is 18.4 Å². The molecule has 0 aromatic heterocycles. The molecular weight excluding hydrogens is 377 g/mol. The highest BCUT2D eigenvalue weighted by atomic mass is 19.1. The van der Waals surface area contributed by atoms with Crippen LogP contribution in [0.25, 0.3) is 0 Å². The van der Waals surface area contributed by atoms with Gasteiger partial charge in [-0.25, -0.2) is 4.39 Å². The van der Waals surface area contributed by atoms with Crippen molar-refractivity contribution in [2.45, 2.75) is 69.9 Å². The maximum Gasteiger partial charge on any atom is 0.139 e. The van der Waals surface area contributed by atoms with Crippen molar-refractivity contribution in [1.82, 2.24) is 5.32 Å². The summed E-state index contributed by atoms with van der Waals surface area (Å²) in [5.41, 5.74) is 1.30. The maximum absolute atomic E-state index is 14.5. The first-order valence-electron chi connectivity index (χ1n) is 12.0. The van der Waals surface area contributed by atoms with Gasteiger partial charge in [-0.3, -0.25) is 4.79 Å². The van der Waals surface area contributed by atoms with E-state index in [-0.39, 0.29) is 22.2 Å². The average Bonchev–Trinajstić information content (AvgIpc) is 2.74. The lowest BCUT2D eigenvalue weighted by molar-refractivity contribution is -0.171. The molecule has 4 heteroatoms. The average molecular weight is 414 g/mol. The summed E-state index contributed by atoms with van der Waals surface area (Å²) in [5, 5.41) is 3.13. The van der Waals surface area contributed by atoms with Gasteiger partial charge in [0.1, 0.15) is 12.0 Å². The fraction of sp³-hybridized carbons (Fsp3) is 0.731. The van der Waals surface area contributed by atoms with Crippen molar-refractivity contribution in [2.75, 3.05) is 26.3 Å². The van der Waals surface area contributed by atoms with Crippen LogP contribution < -0.4 is 5.32 Å². The van der Waals surface area contributed by atoms with Gasteiger partial charge < -0.3 is 10.1 Å². The Morgan fingerprint density at radius 2 is 2.00 bits per heavy atom. The van der Waals surface area contributed by atoms with Crippen LogP contribution in [0.2, 0.25) is 0 Å². The Labute approximate surface area is 180 Å². The number of nitrogens with one attached hydrogen (secondary N) is 1. The van der Waals surface area contributed by atoms with Crippen molar-refractivity contribution >= 4 is 5.78 Å². The first-order chi connectivity index (χ1) is 14.5. The summed E-state index contributed by atoms with van der Waals surface area (Å²) in [6.07, 6.45) is 6.74. The van der Waals surface area contributed by atoms with E-state index in [1.54, 1.807) is 0 Å².